The standard InChI is InChI=1S/C22H29NO3/c1-15(2)20-12-7-16(3)13-21(20)26-17(4)22(24)23(5)14-18-8-10-19(25-6)11-9-18/h7-13,15,17H,14H2,1-6H3/t17-/m1/s1. The lowest BCUT2D eigenvalue weighted by atomic mass is 10.0. The second kappa shape index (κ2) is 8.75. The van der Waals surface area contributed by atoms with Crippen molar-refractivity contribution in [1.29, 1.82) is 0 Å². The summed E-state index contributed by atoms with van der Waals surface area (Å²) in [6.07, 6.45) is -0.544. The molecule has 4 nitrogen and oxygen atoms in total. The Labute approximate surface area is 156 Å². The molecule has 0 spiro atoms. The van der Waals surface area contributed by atoms with Crippen LogP contribution in [0.3, 0.4) is 0 Å². The molecule has 0 aromatic heterocycles. The van der Waals surface area contributed by atoms with Crippen molar-refractivity contribution < 1.29 is 14.3 Å². The highest BCUT2D eigenvalue weighted by molar-refractivity contribution is 5.80. The Morgan fingerprint density at radius 3 is 2.31 bits per heavy atom. The topological polar surface area (TPSA) is 38.8 Å². The third-order valence-electron chi connectivity index (χ3n) is 4.40. The van der Waals surface area contributed by atoms with Gasteiger partial charge in [-0.15, -0.1) is 0 Å². The molecule has 0 saturated heterocycles. The molecule has 1 amide bonds. The number of carbonyl (C=O) groups excluding carboxylic acids is 1. The van der Waals surface area contributed by atoms with E-state index in [4.69, 9.17) is 9.47 Å². The number of amides is 1. The third-order valence-corrected chi connectivity index (χ3v) is 4.40. The fourth-order valence-electron chi connectivity index (χ4n) is 2.85. The zero-order valence-electron chi connectivity index (χ0n) is 16.6. The average Bonchev–Trinajstić information content (AvgIpc) is 2.61. The third kappa shape index (κ3) is 5.01. The van der Waals surface area contributed by atoms with Gasteiger partial charge in [-0.25, -0.2) is 0 Å². The van der Waals surface area contributed by atoms with Crippen LogP contribution in [0.25, 0.3) is 0 Å². The predicted molar refractivity (Wildman–Crippen MR) is 105 cm³/mol. The predicted octanol–water partition coefficient (Wildman–Crippen LogP) is 4.55. The lowest BCUT2D eigenvalue weighted by Gasteiger charge is -2.24. The van der Waals surface area contributed by atoms with E-state index in [1.165, 1.54) is 0 Å². The molecular weight excluding hydrogens is 326 g/mol. The van der Waals surface area contributed by atoms with Gasteiger partial charge in [0, 0.05) is 13.6 Å². The summed E-state index contributed by atoms with van der Waals surface area (Å²) in [7, 11) is 3.44. The highest BCUT2D eigenvalue weighted by Crippen LogP contribution is 2.28. The summed E-state index contributed by atoms with van der Waals surface area (Å²) in [5, 5.41) is 0. The molecule has 0 saturated carbocycles. The van der Waals surface area contributed by atoms with E-state index < -0.39 is 6.10 Å². The Morgan fingerprint density at radius 2 is 1.73 bits per heavy atom. The smallest absolute Gasteiger partial charge is 0.263 e. The van der Waals surface area contributed by atoms with Crippen molar-refractivity contribution in [3.63, 3.8) is 0 Å². The van der Waals surface area contributed by atoms with Crippen LogP contribution < -0.4 is 9.47 Å². The zero-order chi connectivity index (χ0) is 19.3. The van der Waals surface area contributed by atoms with Gasteiger partial charge in [0.1, 0.15) is 11.5 Å². The SMILES string of the molecule is COc1ccc(CN(C)C(=O)[C@@H](C)Oc2cc(C)ccc2C(C)C)cc1. The first-order chi connectivity index (χ1) is 12.3. The quantitative estimate of drug-likeness (QED) is 0.731. The number of likely N-dealkylation sites (N-methyl/N-ethyl adjacent to an activating group) is 1. The maximum atomic E-state index is 12.7. The van der Waals surface area contributed by atoms with Crippen LogP contribution in [-0.4, -0.2) is 31.1 Å². The number of nitrogens with zero attached hydrogens (tertiary/aromatic N) is 1. The van der Waals surface area contributed by atoms with Gasteiger partial charge in [0.2, 0.25) is 0 Å². The number of rotatable bonds is 7. The fourth-order valence-corrected chi connectivity index (χ4v) is 2.85. The van der Waals surface area contributed by atoms with Crippen LogP contribution in [-0.2, 0) is 11.3 Å². The zero-order valence-corrected chi connectivity index (χ0v) is 16.6. The first kappa shape index (κ1) is 19.8. The van der Waals surface area contributed by atoms with E-state index in [1.807, 2.05) is 37.3 Å². The first-order valence-corrected chi connectivity index (χ1v) is 8.97. The Kier molecular flexibility index (Phi) is 6.67. The molecule has 0 aliphatic rings. The second-order valence-corrected chi connectivity index (χ2v) is 7.00. The normalized spacial score (nSPS) is 12.0. The molecule has 0 bridgehead atoms. The van der Waals surface area contributed by atoms with Crippen LogP contribution in [0, 0.1) is 6.92 Å². The van der Waals surface area contributed by atoms with Gasteiger partial charge in [0.25, 0.3) is 5.91 Å². The highest BCUT2D eigenvalue weighted by Gasteiger charge is 2.21. The minimum atomic E-state index is -0.544. The van der Waals surface area contributed by atoms with E-state index in [0.717, 1.165) is 28.2 Å². The number of benzene rings is 2. The molecule has 2 aromatic rings. The molecule has 0 fully saturated rings. The Hall–Kier alpha value is -2.49. The molecular formula is C22H29NO3. The van der Waals surface area contributed by atoms with Crippen LogP contribution in [0.1, 0.15) is 43.4 Å². The Morgan fingerprint density at radius 1 is 1.08 bits per heavy atom. The molecule has 140 valence electrons. The average molecular weight is 355 g/mol. The molecule has 0 heterocycles. The minimum Gasteiger partial charge on any atom is -0.497 e. The van der Waals surface area contributed by atoms with E-state index in [9.17, 15) is 4.79 Å². The first-order valence-electron chi connectivity index (χ1n) is 8.97. The number of carbonyl (C=O) groups is 1. The molecule has 0 radical (unpaired) electrons. The lowest BCUT2D eigenvalue weighted by Crippen LogP contribution is -2.37. The van der Waals surface area contributed by atoms with Crippen LogP contribution in [0.2, 0.25) is 0 Å². The van der Waals surface area contributed by atoms with Gasteiger partial charge in [-0.2, -0.15) is 0 Å². The van der Waals surface area contributed by atoms with Gasteiger partial charge in [0.05, 0.1) is 7.11 Å². The van der Waals surface area contributed by atoms with Crippen molar-refractivity contribution in [3.8, 4) is 11.5 Å². The number of hydrogen-bond acceptors (Lipinski definition) is 3. The van der Waals surface area contributed by atoms with Crippen LogP contribution in [0.5, 0.6) is 11.5 Å². The Balaban J connectivity index is 2.05. The molecule has 2 aromatic carbocycles. The van der Waals surface area contributed by atoms with E-state index in [0.29, 0.717) is 12.5 Å². The van der Waals surface area contributed by atoms with E-state index in [1.54, 1.807) is 26.0 Å². The van der Waals surface area contributed by atoms with E-state index in [-0.39, 0.29) is 5.91 Å². The molecule has 0 N–H and O–H groups in total. The highest BCUT2D eigenvalue weighted by atomic mass is 16.5. The summed E-state index contributed by atoms with van der Waals surface area (Å²) in [5.41, 5.74) is 3.29. The summed E-state index contributed by atoms with van der Waals surface area (Å²) in [5.74, 6) is 1.89. The van der Waals surface area contributed by atoms with Crippen molar-refractivity contribution in [2.24, 2.45) is 0 Å². The van der Waals surface area contributed by atoms with E-state index in [2.05, 4.69) is 26.0 Å². The van der Waals surface area contributed by atoms with Crippen LogP contribution >= 0.6 is 0 Å². The van der Waals surface area contributed by atoms with Crippen LogP contribution in [0.15, 0.2) is 42.5 Å². The maximum Gasteiger partial charge on any atom is 0.263 e. The summed E-state index contributed by atoms with van der Waals surface area (Å²) in [6.45, 7) is 8.61. The molecule has 1 atom stereocenters. The van der Waals surface area contributed by atoms with Gasteiger partial charge in [-0.3, -0.25) is 4.79 Å². The summed E-state index contributed by atoms with van der Waals surface area (Å²) in [6, 6.07) is 13.9. The van der Waals surface area contributed by atoms with Crippen molar-refractivity contribution in [2.45, 2.75) is 46.3 Å². The van der Waals surface area contributed by atoms with Gasteiger partial charge in [-0.05, 0) is 54.7 Å². The van der Waals surface area contributed by atoms with Gasteiger partial charge < -0.3 is 14.4 Å². The van der Waals surface area contributed by atoms with Gasteiger partial charge in [-0.1, -0.05) is 38.1 Å². The summed E-state index contributed by atoms with van der Waals surface area (Å²) < 4.78 is 11.2. The number of aryl methyl sites for hydroxylation is 1. The molecule has 0 unspecified atom stereocenters. The monoisotopic (exact) mass is 355 g/mol. The van der Waals surface area contributed by atoms with Crippen LogP contribution in [0.4, 0.5) is 0 Å². The minimum absolute atomic E-state index is 0.0444. The molecule has 2 rings (SSSR count). The van der Waals surface area contributed by atoms with Gasteiger partial charge in [0.15, 0.2) is 6.10 Å². The van der Waals surface area contributed by atoms with Crippen molar-refractivity contribution in [1.82, 2.24) is 4.90 Å². The Bertz CT molecular complexity index is 738. The summed E-state index contributed by atoms with van der Waals surface area (Å²) >= 11 is 0. The number of methoxy groups -OCH3 is 1. The molecule has 0 aliphatic carbocycles. The largest absolute Gasteiger partial charge is 0.497 e. The van der Waals surface area contributed by atoms with E-state index >= 15 is 0 Å². The van der Waals surface area contributed by atoms with Crippen molar-refractivity contribution >= 4 is 5.91 Å². The fraction of sp³-hybridized carbons (Fsp3) is 0.409. The van der Waals surface area contributed by atoms with Crippen molar-refractivity contribution in [3.05, 3.63) is 59.2 Å². The molecule has 0 aliphatic heterocycles. The number of hydrogen-bond donors (Lipinski definition) is 0. The molecule has 4 heteroatoms. The molecule has 26 heavy (non-hydrogen) atoms. The second-order valence-electron chi connectivity index (χ2n) is 7.00. The van der Waals surface area contributed by atoms with Gasteiger partial charge >= 0.3 is 0 Å². The maximum absolute atomic E-state index is 12.7. The number of ether oxygens (including phenoxy) is 2. The van der Waals surface area contributed by atoms with Crippen molar-refractivity contribution in [2.75, 3.05) is 14.2 Å². The lowest BCUT2D eigenvalue weighted by molar-refractivity contribution is -0.137. The summed E-state index contributed by atoms with van der Waals surface area (Å²) in [4.78, 5) is 14.4.